The molecule has 0 spiro atoms. The number of nitrogens with one attached hydrogen (secondary N) is 2. The third-order valence-corrected chi connectivity index (χ3v) is 5.10. The molecule has 0 radical (unpaired) electrons. The van der Waals surface area contributed by atoms with E-state index in [9.17, 15) is 13.2 Å². The van der Waals surface area contributed by atoms with Gasteiger partial charge in [0.05, 0.1) is 17.6 Å². The van der Waals surface area contributed by atoms with Crippen LogP contribution in [0.5, 0.6) is 5.75 Å². The van der Waals surface area contributed by atoms with Gasteiger partial charge in [-0.15, -0.1) is 10.2 Å². The molecule has 1 heterocycles. The molecule has 0 aliphatic carbocycles. The molecule has 124 valence electrons. The Hall–Kier alpha value is -2.04. The monoisotopic (exact) mass is 356 g/mol. The number of aromatic nitrogens is 2. The number of anilines is 1. The molecule has 0 aliphatic heterocycles. The van der Waals surface area contributed by atoms with Crippen LogP contribution in [0.15, 0.2) is 23.1 Å². The van der Waals surface area contributed by atoms with Crippen molar-refractivity contribution < 1.29 is 17.9 Å². The number of carbonyl (C=O) groups excluding carboxylic acids is 1. The van der Waals surface area contributed by atoms with Crippen molar-refractivity contribution in [3.63, 3.8) is 0 Å². The van der Waals surface area contributed by atoms with Crippen molar-refractivity contribution in [1.82, 2.24) is 14.9 Å². The Morgan fingerprint density at radius 2 is 2.09 bits per heavy atom. The number of methoxy groups -OCH3 is 1. The molecule has 23 heavy (non-hydrogen) atoms. The highest BCUT2D eigenvalue weighted by Crippen LogP contribution is 2.24. The molecule has 0 aliphatic rings. The molecule has 2 N–H and O–H groups in total. The van der Waals surface area contributed by atoms with E-state index in [-0.39, 0.29) is 22.8 Å². The summed E-state index contributed by atoms with van der Waals surface area (Å²) in [7, 11) is -2.27. The maximum absolute atomic E-state index is 12.4. The van der Waals surface area contributed by atoms with Gasteiger partial charge in [-0.3, -0.25) is 10.1 Å². The van der Waals surface area contributed by atoms with E-state index >= 15 is 0 Å². The first-order valence-corrected chi connectivity index (χ1v) is 8.96. The highest BCUT2D eigenvalue weighted by molar-refractivity contribution is 7.89. The number of hydrogen-bond donors (Lipinski definition) is 2. The second kappa shape index (κ2) is 7.02. The van der Waals surface area contributed by atoms with Crippen LogP contribution in [0.25, 0.3) is 0 Å². The molecule has 10 heteroatoms. The van der Waals surface area contributed by atoms with Crippen LogP contribution in [0.1, 0.15) is 22.3 Å². The van der Waals surface area contributed by atoms with E-state index in [1.807, 2.05) is 0 Å². The Labute approximate surface area is 137 Å². The molecule has 2 aromatic rings. The smallest absolute Gasteiger partial charge is 0.261 e. The number of hydrogen-bond acceptors (Lipinski definition) is 7. The predicted octanol–water partition coefficient (Wildman–Crippen LogP) is 1.41. The van der Waals surface area contributed by atoms with Crippen molar-refractivity contribution in [3.8, 4) is 5.75 Å². The fourth-order valence-corrected chi connectivity index (χ4v) is 3.47. The minimum Gasteiger partial charge on any atom is -0.496 e. The molecule has 1 aromatic carbocycles. The van der Waals surface area contributed by atoms with Gasteiger partial charge in [-0.1, -0.05) is 18.3 Å². The number of aryl methyl sites for hydroxylation is 1. The quantitative estimate of drug-likeness (QED) is 0.809. The van der Waals surface area contributed by atoms with Gasteiger partial charge in [0.25, 0.3) is 5.91 Å². The first kappa shape index (κ1) is 17.3. The van der Waals surface area contributed by atoms with Crippen LogP contribution in [0, 0.1) is 6.92 Å². The molecule has 0 fully saturated rings. The van der Waals surface area contributed by atoms with Crippen LogP contribution in [0.4, 0.5) is 5.13 Å². The molecule has 0 saturated heterocycles. The first-order valence-electron chi connectivity index (χ1n) is 6.66. The van der Waals surface area contributed by atoms with Gasteiger partial charge < -0.3 is 4.74 Å². The lowest BCUT2D eigenvalue weighted by molar-refractivity contribution is 0.102. The van der Waals surface area contributed by atoms with Gasteiger partial charge in [-0.05, 0) is 25.1 Å². The second-order valence-corrected chi connectivity index (χ2v) is 7.39. The van der Waals surface area contributed by atoms with E-state index < -0.39 is 15.9 Å². The molecule has 0 saturated carbocycles. The minimum atomic E-state index is -3.67. The van der Waals surface area contributed by atoms with Crippen molar-refractivity contribution in [1.29, 1.82) is 0 Å². The van der Waals surface area contributed by atoms with E-state index in [0.29, 0.717) is 10.1 Å². The van der Waals surface area contributed by atoms with Gasteiger partial charge in [0.1, 0.15) is 10.8 Å². The summed E-state index contributed by atoms with van der Waals surface area (Å²) in [6, 6.07) is 4.08. The standard InChI is InChI=1S/C13H16N4O4S2/c1-4-14-23(19,20)9-5-6-11(21-3)10(7-9)12(18)15-13-17-16-8(2)22-13/h5-7,14H,4H2,1-3H3,(H,15,17,18). The molecule has 2 rings (SSSR count). The Balaban J connectivity index is 2.37. The first-order chi connectivity index (χ1) is 10.9. The summed E-state index contributed by atoms with van der Waals surface area (Å²) in [6.45, 7) is 3.68. The molecule has 0 unspecified atom stereocenters. The number of sulfonamides is 1. The largest absolute Gasteiger partial charge is 0.496 e. The topological polar surface area (TPSA) is 110 Å². The summed E-state index contributed by atoms with van der Waals surface area (Å²) in [6.07, 6.45) is 0. The van der Waals surface area contributed by atoms with Gasteiger partial charge in [0.2, 0.25) is 15.2 Å². The maximum Gasteiger partial charge on any atom is 0.261 e. The summed E-state index contributed by atoms with van der Waals surface area (Å²) in [5.74, 6) is -0.259. The SMILES string of the molecule is CCNS(=O)(=O)c1ccc(OC)c(C(=O)Nc2nnc(C)s2)c1. The predicted molar refractivity (Wildman–Crippen MR) is 86.5 cm³/mol. The van der Waals surface area contributed by atoms with E-state index in [1.54, 1.807) is 13.8 Å². The molecule has 1 aromatic heterocycles. The lowest BCUT2D eigenvalue weighted by Crippen LogP contribution is -2.23. The zero-order valence-corrected chi connectivity index (χ0v) is 14.4. The lowest BCUT2D eigenvalue weighted by atomic mass is 10.2. The van der Waals surface area contributed by atoms with Crippen LogP contribution in [0.2, 0.25) is 0 Å². The second-order valence-electron chi connectivity index (χ2n) is 4.44. The normalized spacial score (nSPS) is 11.3. The van der Waals surface area contributed by atoms with Crippen molar-refractivity contribution in [3.05, 3.63) is 28.8 Å². The zero-order valence-electron chi connectivity index (χ0n) is 12.8. The van der Waals surface area contributed by atoms with Gasteiger partial charge in [0.15, 0.2) is 0 Å². The fourth-order valence-electron chi connectivity index (χ4n) is 1.82. The molecular weight excluding hydrogens is 340 g/mol. The maximum atomic E-state index is 12.4. The summed E-state index contributed by atoms with van der Waals surface area (Å²) in [5.41, 5.74) is 0.0966. The number of amides is 1. The van der Waals surface area contributed by atoms with Crippen molar-refractivity contribution >= 4 is 32.4 Å². The summed E-state index contributed by atoms with van der Waals surface area (Å²) < 4.78 is 31.6. The molecule has 8 nitrogen and oxygen atoms in total. The van der Waals surface area contributed by atoms with E-state index in [2.05, 4.69) is 20.2 Å². The van der Waals surface area contributed by atoms with Crippen LogP contribution in [0.3, 0.4) is 0 Å². The number of nitrogens with zero attached hydrogens (tertiary/aromatic N) is 2. The summed E-state index contributed by atoms with van der Waals surface area (Å²) in [4.78, 5) is 12.4. The van der Waals surface area contributed by atoms with Crippen LogP contribution in [-0.2, 0) is 10.0 Å². The number of ether oxygens (including phenoxy) is 1. The van der Waals surface area contributed by atoms with Crippen LogP contribution >= 0.6 is 11.3 Å². The number of benzene rings is 1. The van der Waals surface area contributed by atoms with Crippen molar-refractivity contribution in [2.75, 3.05) is 19.0 Å². The van der Waals surface area contributed by atoms with Gasteiger partial charge in [-0.2, -0.15) is 0 Å². The lowest BCUT2D eigenvalue weighted by Gasteiger charge is -2.10. The highest BCUT2D eigenvalue weighted by atomic mass is 32.2. The van der Waals surface area contributed by atoms with Gasteiger partial charge in [-0.25, -0.2) is 13.1 Å². The van der Waals surface area contributed by atoms with Crippen molar-refractivity contribution in [2.24, 2.45) is 0 Å². The fraction of sp³-hybridized carbons (Fsp3) is 0.308. The number of rotatable bonds is 6. The third kappa shape index (κ3) is 4.03. The van der Waals surface area contributed by atoms with Crippen molar-refractivity contribution in [2.45, 2.75) is 18.7 Å². The Morgan fingerprint density at radius 1 is 1.35 bits per heavy atom. The van der Waals surface area contributed by atoms with E-state index in [0.717, 1.165) is 0 Å². The Bertz CT molecular complexity index is 817. The van der Waals surface area contributed by atoms with E-state index in [1.165, 1.54) is 36.6 Å². The third-order valence-electron chi connectivity index (χ3n) is 2.81. The summed E-state index contributed by atoms with van der Waals surface area (Å²) >= 11 is 1.22. The minimum absolute atomic E-state index is 0.0151. The Morgan fingerprint density at radius 3 is 2.65 bits per heavy atom. The number of carbonyl (C=O) groups is 1. The van der Waals surface area contributed by atoms with E-state index in [4.69, 9.17) is 4.74 Å². The van der Waals surface area contributed by atoms with Gasteiger partial charge >= 0.3 is 0 Å². The molecule has 0 bridgehead atoms. The zero-order chi connectivity index (χ0) is 17.0. The summed E-state index contributed by atoms with van der Waals surface area (Å²) in [5, 5.41) is 11.2. The van der Waals surface area contributed by atoms with Crippen LogP contribution < -0.4 is 14.8 Å². The highest BCUT2D eigenvalue weighted by Gasteiger charge is 2.20. The van der Waals surface area contributed by atoms with Gasteiger partial charge in [0, 0.05) is 6.54 Å². The molecule has 0 atom stereocenters. The average Bonchev–Trinajstić information content (AvgIpc) is 2.91. The molecular formula is C13H16N4O4S2. The average molecular weight is 356 g/mol. The Kier molecular flexibility index (Phi) is 5.29. The van der Waals surface area contributed by atoms with Crippen LogP contribution in [-0.4, -0.2) is 38.2 Å². The molecule has 1 amide bonds.